The first-order valence-electron chi connectivity index (χ1n) is 4.91. The zero-order valence-corrected chi connectivity index (χ0v) is 9.08. The van der Waals surface area contributed by atoms with E-state index < -0.39 is 0 Å². The number of morpholine rings is 1. The molecule has 0 amide bonds. The molecule has 1 fully saturated rings. The van der Waals surface area contributed by atoms with Crippen LogP contribution in [-0.4, -0.2) is 42.8 Å². The summed E-state index contributed by atoms with van der Waals surface area (Å²) >= 11 is 0. The van der Waals surface area contributed by atoms with Gasteiger partial charge in [0.1, 0.15) is 5.57 Å². The molecule has 0 unspecified atom stereocenters. The maximum Gasteiger partial charge on any atom is 0.171 e. The molecule has 1 aliphatic heterocycles. The Morgan fingerprint density at radius 1 is 1.20 bits per heavy atom. The smallest absolute Gasteiger partial charge is 0.171 e. The number of hydrogen-bond acceptors (Lipinski definition) is 4. The van der Waals surface area contributed by atoms with Gasteiger partial charge in [-0.25, -0.2) is 0 Å². The lowest BCUT2D eigenvalue weighted by atomic mass is 10.1. The lowest BCUT2D eigenvalue weighted by Gasteiger charge is -2.24. The normalized spacial score (nSPS) is 15.5. The predicted octanol–water partition coefficient (Wildman–Crippen LogP) is 0.536. The number of rotatable bonds is 3. The van der Waals surface area contributed by atoms with Gasteiger partial charge in [0.15, 0.2) is 11.6 Å². The largest absolute Gasteiger partial charge is 0.378 e. The summed E-state index contributed by atoms with van der Waals surface area (Å²) in [6, 6.07) is 0. The van der Waals surface area contributed by atoms with E-state index in [1.807, 2.05) is 4.90 Å². The van der Waals surface area contributed by atoms with Gasteiger partial charge in [-0.05, 0) is 13.8 Å². The second-order valence-electron chi connectivity index (χ2n) is 3.41. The van der Waals surface area contributed by atoms with E-state index in [0.29, 0.717) is 13.2 Å². The highest BCUT2D eigenvalue weighted by atomic mass is 16.5. The molecule has 0 aliphatic carbocycles. The van der Waals surface area contributed by atoms with Crippen molar-refractivity contribution in [1.29, 1.82) is 0 Å². The lowest BCUT2D eigenvalue weighted by molar-refractivity contribution is -0.119. The maximum atomic E-state index is 11.1. The van der Waals surface area contributed by atoms with Gasteiger partial charge in [-0.15, -0.1) is 0 Å². The topological polar surface area (TPSA) is 46.6 Å². The highest BCUT2D eigenvalue weighted by molar-refractivity contribution is 6.18. The van der Waals surface area contributed by atoms with Gasteiger partial charge < -0.3 is 9.64 Å². The average molecular weight is 209 g/mol. The van der Waals surface area contributed by atoms with Crippen LogP contribution >= 0.6 is 0 Å². The van der Waals surface area contributed by atoms with Crippen LogP contribution in [0.5, 0.6) is 0 Å². The number of ketones is 2. The molecule has 0 aromatic rings. The summed E-state index contributed by atoms with van der Waals surface area (Å²) in [6.45, 7) is 5.64. The highest BCUT2D eigenvalue weighted by Crippen LogP contribution is 1.99. The molecule has 0 aromatic heterocycles. The molecule has 1 saturated heterocycles. The molecule has 15 heavy (non-hydrogen) atoms. The molecule has 0 bridgehead atoms. The summed E-state index contributed by atoms with van der Waals surface area (Å²) < 4.78 is 5.17. The van der Waals surface area contributed by atoms with Crippen LogP contribution in [0.2, 0.25) is 0 Å². The van der Waals surface area contributed by atoms with Gasteiger partial charge in [0, 0.05) is 19.3 Å². The van der Waals surface area contributed by atoms with Gasteiger partial charge in [-0.2, -0.15) is 0 Å². The van der Waals surface area contributed by atoms with Gasteiger partial charge in [-0.1, -0.05) is 5.73 Å². The summed E-state index contributed by atoms with van der Waals surface area (Å²) in [4.78, 5) is 24.1. The zero-order valence-electron chi connectivity index (χ0n) is 9.08. The molecular formula is C11H15NO3. The van der Waals surface area contributed by atoms with Crippen LogP contribution in [0.25, 0.3) is 0 Å². The van der Waals surface area contributed by atoms with Crippen molar-refractivity contribution in [2.24, 2.45) is 0 Å². The SMILES string of the molecule is CC(=O)C(=C=CN1CCOCC1)C(C)=O. The van der Waals surface area contributed by atoms with E-state index >= 15 is 0 Å². The summed E-state index contributed by atoms with van der Waals surface area (Å²) in [6.07, 6.45) is 1.67. The third-order valence-corrected chi connectivity index (χ3v) is 2.14. The molecule has 0 atom stereocenters. The molecule has 1 heterocycles. The van der Waals surface area contributed by atoms with E-state index in [0.717, 1.165) is 13.1 Å². The van der Waals surface area contributed by atoms with E-state index in [1.54, 1.807) is 6.20 Å². The molecule has 0 aromatic carbocycles. The zero-order chi connectivity index (χ0) is 11.3. The van der Waals surface area contributed by atoms with Crippen LogP contribution in [0, 0.1) is 0 Å². The van der Waals surface area contributed by atoms with Gasteiger partial charge in [-0.3, -0.25) is 9.59 Å². The van der Waals surface area contributed by atoms with Crippen LogP contribution in [-0.2, 0) is 14.3 Å². The highest BCUT2D eigenvalue weighted by Gasteiger charge is 2.09. The minimum atomic E-state index is -0.244. The molecule has 0 spiro atoms. The Balaban J connectivity index is 2.76. The Kier molecular flexibility index (Phi) is 4.28. The summed E-state index contributed by atoms with van der Waals surface area (Å²) in [5.74, 6) is -0.487. The van der Waals surface area contributed by atoms with E-state index in [2.05, 4.69) is 5.73 Å². The second-order valence-corrected chi connectivity index (χ2v) is 3.41. The van der Waals surface area contributed by atoms with E-state index in [9.17, 15) is 9.59 Å². The fraction of sp³-hybridized carbons (Fsp3) is 0.545. The van der Waals surface area contributed by atoms with Crippen molar-refractivity contribution in [3.8, 4) is 0 Å². The van der Waals surface area contributed by atoms with Gasteiger partial charge in [0.2, 0.25) is 0 Å². The minimum absolute atomic E-state index is 0.126. The Hall–Kier alpha value is -1.38. The van der Waals surface area contributed by atoms with Crippen molar-refractivity contribution in [3.63, 3.8) is 0 Å². The Labute approximate surface area is 89.2 Å². The van der Waals surface area contributed by atoms with Gasteiger partial charge in [0.05, 0.1) is 13.2 Å². The molecule has 1 aliphatic rings. The molecule has 0 N–H and O–H groups in total. The van der Waals surface area contributed by atoms with Crippen molar-refractivity contribution < 1.29 is 14.3 Å². The fourth-order valence-electron chi connectivity index (χ4n) is 1.31. The Morgan fingerprint density at radius 2 is 1.73 bits per heavy atom. The number of ether oxygens (including phenoxy) is 1. The average Bonchev–Trinajstić information content (AvgIpc) is 2.18. The molecular weight excluding hydrogens is 194 g/mol. The first-order chi connectivity index (χ1) is 7.11. The summed E-state index contributed by atoms with van der Waals surface area (Å²) in [5.41, 5.74) is 2.88. The fourth-order valence-corrected chi connectivity index (χ4v) is 1.31. The van der Waals surface area contributed by atoms with Gasteiger partial charge >= 0.3 is 0 Å². The standard InChI is InChI=1S/C11H15NO3/c1-9(13)11(10(2)14)3-4-12-5-7-15-8-6-12/h4H,5-8H2,1-2H3. The maximum absolute atomic E-state index is 11.1. The number of allylic oxidation sites excluding steroid dienone is 1. The Morgan fingerprint density at radius 3 is 2.20 bits per heavy atom. The molecule has 4 nitrogen and oxygen atoms in total. The minimum Gasteiger partial charge on any atom is -0.378 e. The van der Waals surface area contributed by atoms with Crippen LogP contribution < -0.4 is 0 Å². The number of carbonyl (C=O) groups excluding carboxylic acids is 2. The number of nitrogens with zero attached hydrogens (tertiary/aromatic N) is 1. The van der Waals surface area contributed by atoms with Crippen molar-refractivity contribution in [3.05, 3.63) is 17.5 Å². The van der Waals surface area contributed by atoms with E-state index in [1.165, 1.54) is 13.8 Å². The monoisotopic (exact) mass is 209 g/mol. The summed E-state index contributed by atoms with van der Waals surface area (Å²) in [7, 11) is 0. The Bertz CT molecular complexity index is 305. The second kappa shape index (κ2) is 5.49. The molecule has 0 saturated carbocycles. The molecule has 82 valence electrons. The van der Waals surface area contributed by atoms with Crippen LogP contribution in [0.4, 0.5) is 0 Å². The molecule has 0 radical (unpaired) electrons. The van der Waals surface area contributed by atoms with Crippen LogP contribution in [0.15, 0.2) is 17.5 Å². The van der Waals surface area contributed by atoms with Crippen LogP contribution in [0.1, 0.15) is 13.8 Å². The first kappa shape index (κ1) is 11.7. The lowest BCUT2D eigenvalue weighted by Crippen LogP contribution is -2.31. The van der Waals surface area contributed by atoms with Crippen molar-refractivity contribution >= 4 is 11.6 Å². The van der Waals surface area contributed by atoms with E-state index in [4.69, 9.17) is 4.74 Å². The molecule has 1 rings (SSSR count). The number of carbonyl (C=O) groups is 2. The van der Waals surface area contributed by atoms with Crippen molar-refractivity contribution in [2.45, 2.75) is 13.8 Å². The first-order valence-corrected chi connectivity index (χ1v) is 4.91. The van der Waals surface area contributed by atoms with Crippen molar-refractivity contribution in [2.75, 3.05) is 26.3 Å². The van der Waals surface area contributed by atoms with Crippen molar-refractivity contribution in [1.82, 2.24) is 4.90 Å². The summed E-state index contributed by atoms with van der Waals surface area (Å²) in [5, 5.41) is 0. The van der Waals surface area contributed by atoms with Gasteiger partial charge in [0.25, 0.3) is 0 Å². The predicted molar refractivity (Wildman–Crippen MR) is 55.4 cm³/mol. The molecule has 4 heteroatoms. The van der Waals surface area contributed by atoms with E-state index in [-0.39, 0.29) is 17.1 Å². The van der Waals surface area contributed by atoms with Crippen LogP contribution in [0.3, 0.4) is 0 Å². The number of hydrogen-bond donors (Lipinski definition) is 0. The quantitative estimate of drug-likeness (QED) is 0.294. The third kappa shape index (κ3) is 3.70. The third-order valence-electron chi connectivity index (χ3n) is 2.14. The number of Topliss-reactive ketones (excluding diaryl/α,β-unsaturated/α-hetero) is 2.